The van der Waals surface area contributed by atoms with Crippen LogP contribution in [0.25, 0.3) is 0 Å². The van der Waals surface area contributed by atoms with Crippen molar-refractivity contribution in [1.82, 2.24) is 10.2 Å². The Morgan fingerprint density at radius 1 is 1.20 bits per heavy atom. The molecule has 0 unspecified atom stereocenters. The van der Waals surface area contributed by atoms with Gasteiger partial charge in [-0.25, -0.2) is 0 Å². The predicted octanol–water partition coefficient (Wildman–Crippen LogP) is 3.08. The minimum atomic E-state index is 0.624. The number of halogens is 1. The van der Waals surface area contributed by atoms with E-state index in [-0.39, 0.29) is 0 Å². The molecule has 0 spiro atoms. The van der Waals surface area contributed by atoms with Crippen LogP contribution in [0.5, 0.6) is 0 Å². The quantitative estimate of drug-likeness (QED) is 0.795. The third-order valence-electron chi connectivity index (χ3n) is 3.16. The third kappa shape index (κ3) is 5.70. The first kappa shape index (κ1) is 17.3. The summed E-state index contributed by atoms with van der Waals surface area (Å²) in [5, 5.41) is 4.04. The van der Waals surface area contributed by atoms with Gasteiger partial charge in [-0.3, -0.25) is 0 Å². The highest BCUT2D eigenvalue weighted by Crippen LogP contribution is 2.25. The van der Waals surface area contributed by atoms with E-state index in [1.165, 1.54) is 11.3 Å². The zero-order valence-electron chi connectivity index (χ0n) is 13.4. The lowest BCUT2D eigenvalue weighted by molar-refractivity contribution is 0.409. The molecule has 0 aliphatic carbocycles. The van der Waals surface area contributed by atoms with Crippen molar-refractivity contribution in [3.8, 4) is 0 Å². The molecule has 1 aromatic rings. The number of nitrogens with one attached hydrogen (secondary N) is 1. The van der Waals surface area contributed by atoms with Crippen LogP contribution >= 0.6 is 11.6 Å². The number of likely N-dealkylation sites (N-methyl/N-ethyl adjacent to an activating group) is 1. The van der Waals surface area contributed by atoms with Gasteiger partial charge in [-0.2, -0.15) is 0 Å². The summed E-state index contributed by atoms with van der Waals surface area (Å²) in [6.45, 7) is 8.48. The lowest BCUT2D eigenvalue weighted by Crippen LogP contribution is -2.35. The van der Waals surface area contributed by atoms with E-state index in [1.54, 1.807) is 0 Å². The maximum atomic E-state index is 6.20. The van der Waals surface area contributed by atoms with Crippen LogP contribution in [-0.4, -0.2) is 45.7 Å². The fourth-order valence-electron chi connectivity index (χ4n) is 2.24. The minimum absolute atomic E-state index is 0.624. The van der Waals surface area contributed by atoms with Crippen LogP contribution in [0.1, 0.15) is 19.4 Å². The summed E-state index contributed by atoms with van der Waals surface area (Å²) in [7, 11) is 6.20. The third-order valence-corrected chi connectivity index (χ3v) is 3.39. The lowest BCUT2D eigenvalue weighted by atomic mass is 10.1. The summed E-state index contributed by atoms with van der Waals surface area (Å²) in [6, 6.07) is 6.18. The summed E-state index contributed by atoms with van der Waals surface area (Å²) in [4.78, 5) is 4.67. The van der Waals surface area contributed by atoms with Crippen LogP contribution in [-0.2, 0) is 6.54 Å². The van der Waals surface area contributed by atoms with Crippen molar-refractivity contribution in [3.05, 3.63) is 28.8 Å². The molecule has 0 aliphatic heterocycles. The van der Waals surface area contributed by atoms with Gasteiger partial charge in [-0.15, -0.1) is 0 Å². The average molecular weight is 298 g/mol. The van der Waals surface area contributed by atoms with Crippen LogP contribution in [0.4, 0.5) is 5.69 Å². The summed E-state index contributed by atoms with van der Waals surface area (Å²) in [5.41, 5.74) is 2.55. The second kappa shape index (κ2) is 8.50. The Balaban J connectivity index is 3.00. The molecular weight excluding hydrogens is 270 g/mol. The molecule has 0 fully saturated rings. The van der Waals surface area contributed by atoms with E-state index >= 15 is 0 Å². The Kier molecular flexibility index (Phi) is 7.35. The highest BCUT2D eigenvalue weighted by Gasteiger charge is 2.13. The van der Waals surface area contributed by atoms with Crippen molar-refractivity contribution < 1.29 is 0 Å². The number of hydrogen-bond donors (Lipinski definition) is 1. The second-order valence-corrected chi connectivity index (χ2v) is 6.38. The molecular formula is C16H28ClN3. The summed E-state index contributed by atoms with van der Waals surface area (Å²) < 4.78 is 0. The Labute approximate surface area is 128 Å². The predicted molar refractivity (Wildman–Crippen MR) is 89.8 cm³/mol. The van der Waals surface area contributed by atoms with Crippen molar-refractivity contribution >= 4 is 17.3 Å². The van der Waals surface area contributed by atoms with E-state index in [4.69, 9.17) is 11.6 Å². The fourth-order valence-corrected chi connectivity index (χ4v) is 2.41. The van der Waals surface area contributed by atoms with E-state index in [0.717, 1.165) is 31.2 Å². The minimum Gasteiger partial charge on any atom is -0.370 e. The van der Waals surface area contributed by atoms with Gasteiger partial charge in [0.1, 0.15) is 0 Å². The number of benzene rings is 1. The topological polar surface area (TPSA) is 18.5 Å². The van der Waals surface area contributed by atoms with Crippen molar-refractivity contribution in [2.24, 2.45) is 5.92 Å². The molecule has 4 heteroatoms. The zero-order chi connectivity index (χ0) is 15.1. The maximum Gasteiger partial charge on any atom is 0.0427 e. The van der Waals surface area contributed by atoms with Crippen LogP contribution in [0.15, 0.2) is 18.2 Å². The van der Waals surface area contributed by atoms with Crippen molar-refractivity contribution in [2.75, 3.05) is 45.7 Å². The van der Waals surface area contributed by atoms with Crippen LogP contribution in [0, 0.1) is 5.92 Å². The van der Waals surface area contributed by atoms with Gasteiger partial charge in [0.15, 0.2) is 0 Å². The molecule has 20 heavy (non-hydrogen) atoms. The highest BCUT2D eigenvalue weighted by molar-refractivity contribution is 6.30. The van der Waals surface area contributed by atoms with Gasteiger partial charge in [0.25, 0.3) is 0 Å². The molecule has 114 valence electrons. The first-order valence-corrected chi connectivity index (χ1v) is 7.64. The molecule has 0 aromatic heterocycles. The van der Waals surface area contributed by atoms with E-state index in [1.807, 2.05) is 13.1 Å². The monoisotopic (exact) mass is 297 g/mol. The van der Waals surface area contributed by atoms with Gasteiger partial charge in [-0.05, 0) is 44.8 Å². The lowest BCUT2D eigenvalue weighted by Gasteiger charge is -2.30. The molecule has 1 rings (SSSR count). The largest absolute Gasteiger partial charge is 0.370 e. The Morgan fingerprint density at radius 3 is 2.45 bits per heavy atom. The molecule has 0 saturated carbocycles. The van der Waals surface area contributed by atoms with Crippen molar-refractivity contribution in [3.63, 3.8) is 0 Å². The maximum absolute atomic E-state index is 6.20. The van der Waals surface area contributed by atoms with Gasteiger partial charge in [0, 0.05) is 36.9 Å². The Hall–Kier alpha value is -0.770. The second-order valence-electron chi connectivity index (χ2n) is 5.95. The summed E-state index contributed by atoms with van der Waals surface area (Å²) in [6.07, 6.45) is 0. The molecule has 0 amide bonds. The number of anilines is 1. The molecule has 0 radical (unpaired) electrons. The van der Waals surface area contributed by atoms with E-state index in [0.29, 0.717) is 5.92 Å². The van der Waals surface area contributed by atoms with Gasteiger partial charge in [0.05, 0.1) is 0 Å². The van der Waals surface area contributed by atoms with E-state index in [9.17, 15) is 0 Å². The summed E-state index contributed by atoms with van der Waals surface area (Å²) >= 11 is 6.20. The molecule has 0 bridgehead atoms. The van der Waals surface area contributed by atoms with Crippen LogP contribution in [0.2, 0.25) is 5.02 Å². The first-order chi connectivity index (χ1) is 9.43. The molecule has 1 aromatic carbocycles. The molecule has 1 N–H and O–H groups in total. The molecule has 3 nitrogen and oxygen atoms in total. The van der Waals surface area contributed by atoms with Gasteiger partial charge >= 0.3 is 0 Å². The SMILES string of the molecule is CNCc1ccc(Cl)cc1N(CCN(C)C)CC(C)C. The number of hydrogen-bond acceptors (Lipinski definition) is 3. The molecule has 0 atom stereocenters. The highest BCUT2D eigenvalue weighted by atomic mass is 35.5. The van der Waals surface area contributed by atoms with Gasteiger partial charge in [0.2, 0.25) is 0 Å². The first-order valence-electron chi connectivity index (χ1n) is 7.26. The average Bonchev–Trinajstić information content (AvgIpc) is 2.36. The van der Waals surface area contributed by atoms with Crippen LogP contribution in [0.3, 0.4) is 0 Å². The van der Waals surface area contributed by atoms with Crippen molar-refractivity contribution in [2.45, 2.75) is 20.4 Å². The number of rotatable bonds is 8. The van der Waals surface area contributed by atoms with Crippen molar-refractivity contribution in [1.29, 1.82) is 0 Å². The Bertz CT molecular complexity index is 405. The molecule has 0 aliphatic rings. The standard InChI is InChI=1S/C16H28ClN3/c1-13(2)12-20(9-8-19(4)5)16-10-15(17)7-6-14(16)11-18-3/h6-7,10,13,18H,8-9,11-12H2,1-5H3. The smallest absolute Gasteiger partial charge is 0.0427 e. The van der Waals surface area contributed by atoms with E-state index < -0.39 is 0 Å². The van der Waals surface area contributed by atoms with Gasteiger partial charge in [-0.1, -0.05) is 31.5 Å². The normalized spacial score (nSPS) is 11.4. The summed E-state index contributed by atoms with van der Waals surface area (Å²) in [5.74, 6) is 0.624. The van der Waals surface area contributed by atoms with E-state index in [2.05, 4.69) is 55.2 Å². The Morgan fingerprint density at radius 2 is 1.90 bits per heavy atom. The van der Waals surface area contributed by atoms with Crippen LogP contribution < -0.4 is 10.2 Å². The zero-order valence-corrected chi connectivity index (χ0v) is 14.2. The molecule has 0 saturated heterocycles. The number of nitrogens with zero attached hydrogens (tertiary/aromatic N) is 2. The fraction of sp³-hybridized carbons (Fsp3) is 0.625. The van der Waals surface area contributed by atoms with Gasteiger partial charge < -0.3 is 15.1 Å². The molecule has 0 heterocycles.